The van der Waals surface area contributed by atoms with Crippen LogP contribution in [-0.2, 0) is 4.74 Å². The van der Waals surface area contributed by atoms with Gasteiger partial charge in [0.25, 0.3) is 0 Å². The predicted molar refractivity (Wildman–Crippen MR) is 69.8 cm³/mol. The van der Waals surface area contributed by atoms with Gasteiger partial charge in [-0.05, 0) is 43.7 Å². The molecule has 0 radical (unpaired) electrons. The van der Waals surface area contributed by atoms with Gasteiger partial charge in [0.05, 0.1) is 11.6 Å². The van der Waals surface area contributed by atoms with Crippen molar-refractivity contribution >= 4 is 17.6 Å². The van der Waals surface area contributed by atoms with Gasteiger partial charge >= 0.3 is 5.97 Å². The van der Waals surface area contributed by atoms with Crippen molar-refractivity contribution in [1.29, 1.82) is 0 Å². The van der Waals surface area contributed by atoms with E-state index in [0.717, 1.165) is 5.56 Å². The van der Waals surface area contributed by atoms with E-state index in [1.807, 2.05) is 0 Å². The average molecular weight is 283 g/mol. The summed E-state index contributed by atoms with van der Waals surface area (Å²) in [6.45, 7) is 3.78. The molecule has 0 fully saturated rings. The van der Waals surface area contributed by atoms with Crippen molar-refractivity contribution in [3.63, 3.8) is 0 Å². The van der Waals surface area contributed by atoms with E-state index in [0.29, 0.717) is 11.3 Å². The number of furan rings is 1. The largest absolute Gasteiger partial charge is 0.460 e. The highest BCUT2D eigenvalue weighted by atomic mass is 35.5. The molecular weight excluding hydrogens is 271 g/mol. The zero-order chi connectivity index (χ0) is 14.0. The fourth-order valence-corrected chi connectivity index (χ4v) is 1.89. The van der Waals surface area contributed by atoms with Gasteiger partial charge in [0, 0.05) is 5.56 Å². The zero-order valence-corrected chi connectivity index (χ0v) is 11.3. The summed E-state index contributed by atoms with van der Waals surface area (Å²) < 4.78 is 23.4. The molecule has 100 valence electrons. The van der Waals surface area contributed by atoms with Crippen molar-refractivity contribution < 1.29 is 18.3 Å². The lowest BCUT2D eigenvalue weighted by atomic mass is 10.1. The lowest BCUT2D eigenvalue weighted by Crippen LogP contribution is -2.02. The van der Waals surface area contributed by atoms with Crippen LogP contribution >= 0.6 is 11.6 Å². The Hall–Kier alpha value is -1.81. The van der Waals surface area contributed by atoms with Crippen LogP contribution in [0.5, 0.6) is 0 Å². The van der Waals surface area contributed by atoms with Crippen LogP contribution in [0.1, 0.15) is 23.0 Å². The molecule has 5 heteroatoms. The molecule has 0 aliphatic heterocycles. The Morgan fingerprint density at radius 1 is 1.42 bits per heavy atom. The number of rotatable bonds is 3. The standard InChI is InChI=1S/C14H12ClFO3/c1-3-18-14(17)12-6-8(2)13(19-12)9-4-5-11(16)10(15)7-9/h4-7H,3H2,1-2H3. The molecular formula is C14H12ClFO3. The molecule has 0 aliphatic rings. The predicted octanol–water partition coefficient (Wildman–Crippen LogP) is 4.22. The Kier molecular flexibility index (Phi) is 3.90. The van der Waals surface area contributed by atoms with E-state index in [1.165, 1.54) is 12.1 Å². The Labute approximate surface area is 114 Å². The van der Waals surface area contributed by atoms with Crippen LogP contribution in [0.2, 0.25) is 5.02 Å². The molecule has 1 aromatic heterocycles. The highest BCUT2D eigenvalue weighted by Gasteiger charge is 2.17. The molecule has 0 saturated heterocycles. The molecule has 0 amide bonds. The first-order chi connectivity index (χ1) is 9.02. The second-order valence-electron chi connectivity index (χ2n) is 3.97. The highest BCUT2D eigenvalue weighted by molar-refractivity contribution is 6.31. The van der Waals surface area contributed by atoms with Crippen LogP contribution in [-0.4, -0.2) is 12.6 Å². The van der Waals surface area contributed by atoms with E-state index in [2.05, 4.69) is 0 Å². The highest BCUT2D eigenvalue weighted by Crippen LogP contribution is 2.30. The fraction of sp³-hybridized carbons (Fsp3) is 0.214. The monoisotopic (exact) mass is 282 g/mol. The van der Waals surface area contributed by atoms with Gasteiger partial charge in [0.1, 0.15) is 11.6 Å². The summed E-state index contributed by atoms with van der Waals surface area (Å²) in [5, 5.41) is 0.00554. The van der Waals surface area contributed by atoms with Gasteiger partial charge in [-0.25, -0.2) is 9.18 Å². The summed E-state index contributed by atoms with van der Waals surface area (Å²) in [5.41, 5.74) is 1.37. The SMILES string of the molecule is CCOC(=O)c1cc(C)c(-c2ccc(F)c(Cl)c2)o1. The zero-order valence-electron chi connectivity index (χ0n) is 10.5. The number of aryl methyl sites for hydroxylation is 1. The van der Waals surface area contributed by atoms with Crippen LogP contribution < -0.4 is 0 Å². The smallest absolute Gasteiger partial charge is 0.374 e. The summed E-state index contributed by atoms with van der Waals surface area (Å²) in [6.07, 6.45) is 0. The molecule has 1 heterocycles. The first-order valence-electron chi connectivity index (χ1n) is 5.76. The minimum Gasteiger partial charge on any atom is -0.460 e. The van der Waals surface area contributed by atoms with Gasteiger partial charge < -0.3 is 9.15 Å². The molecule has 0 aliphatic carbocycles. The number of ether oxygens (including phenoxy) is 1. The van der Waals surface area contributed by atoms with Crippen molar-refractivity contribution in [2.45, 2.75) is 13.8 Å². The third-order valence-electron chi connectivity index (χ3n) is 2.58. The van der Waals surface area contributed by atoms with Gasteiger partial charge in [-0.15, -0.1) is 0 Å². The first kappa shape index (κ1) is 13.6. The summed E-state index contributed by atoms with van der Waals surface area (Å²) in [6, 6.07) is 5.84. The van der Waals surface area contributed by atoms with Gasteiger partial charge in [0.15, 0.2) is 0 Å². The summed E-state index contributed by atoms with van der Waals surface area (Å²) in [5.74, 6) is -0.426. The Balaban J connectivity index is 2.40. The van der Waals surface area contributed by atoms with Crippen molar-refractivity contribution in [1.82, 2.24) is 0 Å². The average Bonchev–Trinajstić information content (AvgIpc) is 2.75. The maximum absolute atomic E-state index is 13.1. The Morgan fingerprint density at radius 2 is 2.16 bits per heavy atom. The molecule has 0 spiro atoms. The van der Waals surface area contributed by atoms with E-state index in [4.69, 9.17) is 20.8 Å². The van der Waals surface area contributed by atoms with Crippen molar-refractivity contribution in [3.05, 3.63) is 46.4 Å². The van der Waals surface area contributed by atoms with Crippen molar-refractivity contribution in [2.24, 2.45) is 0 Å². The second kappa shape index (κ2) is 5.45. The first-order valence-corrected chi connectivity index (χ1v) is 6.13. The van der Waals surface area contributed by atoms with Crippen molar-refractivity contribution in [3.8, 4) is 11.3 Å². The van der Waals surface area contributed by atoms with Crippen LogP contribution in [0.25, 0.3) is 11.3 Å². The summed E-state index contributed by atoms with van der Waals surface area (Å²) in [7, 11) is 0. The lowest BCUT2D eigenvalue weighted by molar-refractivity contribution is 0.0491. The van der Waals surface area contributed by atoms with E-state index >= 15 is 0 Å². The molecule has 1 aromatic carbocycles. The maximum atomic E-state index is 13.1. The molecule has 0 N–H and O–H groups in total. The molecule has 0 unspecified atom stereocenters. The molecule has 2 aromatic rings. The van der Waals surface area contributed by atoms with Crippen LogP contribution in [0, 0.1) is 12.7 Å². The number of halogens is 2. The molecule has 0 saturated carbocycles. The minimum absolute atomic E-state index is 0.00554. The molecule has 0 bridgehead atoms. The second-order valence-corrected chi connectivity index (χ2v) is 4.38. The molecule has 2 rings (SSSR count). The molecule has 3 nitrogen and oxygen atoms in total. The summed E-state index contributed by atoms with van der Waals surface area (Å²) >= 11 is 5.73. The number of carbonyl (C=O) groups excluding carboxylic acids is 1. The number of hydrogen-bond donors (Lipinski definition) is 0. The number of esters is 1. The van der Waals surface area contributed by atoms with Gasteiger partial charge in [-0.1, -0.05) is 11.6 Å². The third kappa shape index (κ3) is 2.79. The number of hydrogen-bond acceptors (Lipinski definition) is 3. The third-order valence-corrected chi connectivity index (χ3v) is 2.87. The van der Waals surface area contributed by atoms with Crippen LogP contribution in [0.3, 0.4) is 0 Å². The van der Waals surface area contributed by atoms with E-state index in [9.17, 15) is 9.18 Å². The van der Waals surface area contributed by atoms with Gasteiger partial charge in [-0.2, -0.15) is 0 Å². The minimum atomic E-state index is -0.523. The van der Waals surface area contributed by atoms with E-state index < -0.39 is 11.8 Å². The number of carbonyl (C=O) groups is 1. The van der Waals surface area contributed by atoms with Gasteiger partial charge in [0.2, 0.25) is 5.76 Å². The molecule has 0 atom stereocenters. The number of benzene rings is 1. The van der Waals surface area contributed by atoms with Crippen LogP contribution in [0.15, 0.2) is 28.7 Å². The normalized spacial score (nSPS) is 10.5. The lowest BCUT2D eigenvalue weighted by Gasteiger charge is -2.01. The van der Waals surface area contributed by atoms with Gasteiger partial charge in [-0.3, -0.25) is 0 Å². The Morgan fingerprint density at radius 3 is 2.79 bits per heavy atom. The van der Waals surface area contributed by atoms with Crippen molar-refractivity contribution in [2.75, 3.05) is 6.61 Å². The summed E-state index contributed by atoms with van der Waals surface area (Å²) in [4.78, 5) is 11.6. The van der Waals surface area contributed by atoms with E-state index in [-0.39, 0.29) is 17.4 Å². The Bertz CT molecular complexity index is 619. The molecule has 19 heavy (non-hydrogen) atoms. The van der Waals surface area contributed by atoms with E-state index in [1.54, 1.807) is 26.0 Å². The topological polar surface area (TPSA) is 39.4 Å². The quantitative estimate of drug-likeness (QED) is 0.791. The maximum Gasteiger partial charge on any atom is 0.374 e. The fourth-order valence-electron chi connectivity index (χ4n) is 1.71. The van der Waals surface area contributed by atoms with Crippen LogP contribution in [0.4, 0.5) is 4.39 Å².